The Balaban J connectivity index is 2.54. The Morgan fingerprint density at radius 3 is 2.68 bits per heavy atom. The summed E-state index contributed by atoms with van der Waals surface area (Å²) in [5, 5.41) is 2.65. The lowest BCUT2D eigenvalue weighted by Crippen LogP contribution is -2.33. The highest BCUT2D eigenvalue weighted by Crippen LogP contribution is 2.30. The number of ether oxygens (including phenoxy) is 3. The van der Waals surface area contributed by atoms with E-state index >= 15 is 0 Å². The van der Waals surface area contributed by atoms with Gasteiger partial charge < -0.3 is 19.5 Å². The molecule has 0 unspecified atom stereocenters. The first kappa shape index (κ1) is 23.5. The van der Waals surface area contributed by atoms with E-state index in [4.69, 9.17) is 14.2 Å². The lowest BCUT2D eigenvalue weighted by Gasteiger charge is -2.20. The van der Waals surface area contributed by atoms with E-state index in [0.29, 0.717) is 30.9 Å². The fourth-order valence-corrected chi connectivity index (χ4v) is 2.37. The highest BCUT2D eigenvalue weighted by molar-refractivity contribution is 5.70. The molecule has 0 heterocycles. The van der Waals surface area contributed by atoms with Crippen LogP contribution in [0.3, 0.4) is 0 Å². The van der Waals surface area contributed by atoms with Crippen LogP contribution in [0.5, 0.6) is 5.75 Å². The molecule has 1 aromatic carbocycles. The van der Waals surface area contributed by atoms with Crippen LogP contribution in [0.2, 0.25) is 0 Å². The lowest BCUT2D eigenvalue weighted by atomic mass is 9.96. The maximum Gasteiger partial charge on any atom is 0.407 e. The quantitative estimate of drug-likeness (QED) is 0.362. The molecule has 0 aromatic heterocycles. The van der Waals surface area contributed by atoms with Crippen LogP contribution in [-0.2, 0) is 14.3 Å². The number of esters is 1. The summed E-state index contributed by atoms with van der Waals surface area (Å²) in [5.41, 5.74) is 0.0441. The molecule has 0 aliphatic carbocycles. The number of carbonyl (C=O) groups excluding carboxylic acids is 2. The van der Waals surface area contributed by atoms with E-state index in [2.05, 4.69) is 11.9 Å². The standard InChI is InChI=1S/C21H30FNO5/c1-6-11-27-19(24)13-15(2)17-14-16(22)8-9-18(17)26-12-7-10-23-20(25)28-21(3,4)5/h6,8-9,14-15H,1,7,10-13H2,2-5H3,(H,23,25)/t15-/m0/s1. The minimum absolute atomic E-state index is 0.105. The number of hydrogen-bond donors (Lipinski definition) is 1. The van der Waals surface area contributed by atoms with E-state index < -0.39 is 17.5 Å². The molecule has 7 heteroatoms. The number of hydrogen-bond acceptors (Lipinski definition) is 5. The van der Waals surface area contributed by atoms with Crippen molar-refractivity contribution in [2.45, 2.75) is 52.1 Å². The van der Waals surface area contributed by atoms with E-state index in [-0.39, 0.29) is 24.9 Å². The molecule has 0 bridgehead atoms. The van der Waals surface area contributed by atoms with Crippen LogP contribution in [0.4, 0.5) is 9.18 Å². The van der Waals surface area contributed by atoms with Crippen molar-refractivity contribution in [3.8, 4) is 5.75 Å². The molecule has 1 atom stereocenters. The average Bonchev–Trinajstić information content (AvgIpc) is 2.59. The maximum atomic E-state index is 13.7. The van der Waals surface area contributed by atoms with E-state index in [1.165, 1.54) is 24.3 Å². The van der Waals surface area contributed by atoms with Gasteiger partial charge in [-0.15, -0.1) is 0 Å². The highest BCUT2D eigenvalue weighted by Gasteiger charge is 2.18. The van der Waals surface area contributed by atoms with Gasteiger partial charge >= 0.3 is 12.1 Å². The molecule has 1 N–H and O–H groups in total. The monoisotopic (exact) mass is 395 g/mol. The summed E-state index contributed by atoms with van der Waals surface area (Å²) in [5.74, 6) is -0.560. The average molecular weight is 395 g/mol. The van der Waals surface area contributed by atoms with Crippen molar-refractivity contribution in [2.24, 2.45) is 0 Å². The summed E-state index contributed by atoms with van der Waals surface area (Å²) < 4.78 is 29.5. The van der Waals surface area contributed by atoms with Crippen LogP contribution in [-0.4, -0.2) is 37.4 Å². The summed E-state index contributed by atoms with van der Waals surface area (Å²) in [7, 11) is 0. The Bertz CT molecular complexity index is 669. The van der Waals surface area contributed by atoms with Crippen LogP contribution < -0.4 is 10.1 Å². The summed E-state index contributed by atoms with van der Waals surface area (Å²) in [6.45, 7) is 11.5. The highest BCUT2D eigenvalue weighted by atomic mass is 19.1. The first-order valence-corrected chi connectivity index (χ1v) is 9.28. The first-order chi connectivity index (χ1) is 13.1. The van der Waals surface area contributed by atoms with Gasteiger partial charge in [-0.25, -0.2) is 9.18 Å². The smallest absolute Gasteiger partial charge is 0.407 e. The van der Waals surface area contributed by atoms with Crippen molar-refractivity contribution < 1.29 is 28.2 Å². The minimum Gasteiger partial charge on any atom is -0.493 e. The number of nitrogens with one attached hydrogen (secondary N) is 1. The summed E-state index contributed by atoms with van der Waals surface area (Å²) in [6, 6.07) is 4.21. The van der Waals surface area contributed by atoms with Crippen LogP contribution in [0.1, 0.15) is 52.0 Å². The normalized spacial score (nSPS) is 12.0. The number of alkyl carbamates (subject to hydrolysis) is 1. The predicted molar refractivity (Wildman–Crippen MR) is 105 cm³/mol. The fraction of sp³-hybridized carbons (Fsp3) is 0.524. The van der Waals surface area contributed by atoms with Gasteiger partial charge in [0.2, 0.25) is 0 Å². The second-order valence-corrected chi connectivity index (χ2v) is 7.39. The molecule has 0 saturated heterocycles. The van der Waals surface area contributed by atoms with Crippen molar-refractivity contribution in [2.75, 3.05) is 19.8 Å². The Hall–Kier alpha value is -2.57. The van der Waals surface area contributed by atoms with E-state index in [1.807, 2.05) is 0 Å². The lowest BCUT2D eigenvalue weighted by molar-refractivity contribution is -0.142. The largest absolute Gasteiger partial charge is 0.493 e. The molecule has 0 radical (unpaired) electrons. The van der Waals surface area contributed by atoms with Gasteiger partial charge in [0.1, 0.15) is 23.8 Å². The number of halogens is 1. The van der Waals surface area contributed by atoms with Crippen molar-refractivity contribution in [3.05, 3.63) is 42.2 Å². The molecule has 1 amide bonds. The molecule has 156 valence electrons. The van der Waals surface area contributed by atoms with Gasteiger partial charge in [-0.3, -0.25) is 4.79 Å². The van der Waals surface area contributed by atoms with Gasteiger partial charge in [0, 0.05) is 12.1 Å². The molecule has 1 rings (SSSR count). The number of rotatable bonds is 10. The maximum absolute atomic E-state index is 13.7. The molecule has 28 heavy (non-hydrogen) atoms. The number of carbonyl (C=O) groups is 2. The summed E-state index contributed by atoms with van der Waals surface area (Å²) in [6.07, 6.45) is 1.66. The molecule has 0 saturated carbocycles. The SMILES string of the molecule is C=CCOC(=O)C[C@H](C)c1cc(F)ccc1OCCCNC(=O)OC(C)(C)C. The molecule has 1 aromatic rings. The van der Waals surface area contributed by atoms with Crippen molar-refractivity contribution in [3.63, 3.8) is 0 Å². The zero-order valence-electron chi connectivity index (χ0n) is 17.0. The predicted octanol–water partition coefficient (Wildman–Crippen LogP) is 4.34. The van der Waals surface area contributed by atoms with Crippen molar-refractivity contribution >= 4 is 12.1 Å². The second kappa shape index (κ2) is 11.3. The van der Waals surface area contributed by atoms with Gasteiger partial charge in [-0.05, 0) is 51.3 Å². The Labute approximate surface area is 166 Å². The van der Waals surface area contributed by atoms with Crippen LogP contribution in [0.15, 0.2) is 30.9 Å². The molecular formula is C21H30FNO5. The van der Waals surface area contributed by atoms with Gasteiger partial charge in [-0.1, -0.05) is 19.6 Å². The zero-order chi connectivity index (χ0) is 21.2. The Kier molecular flexibility index (Phi) is 9.48. The Morgan fingerprint density at radius 2 is 2.04 bits per heavy atom. The summed E-state index contributed by atoms with van der Waals surface area (Å²) in [4.78, 5) is 23.4. The number of benzene rings is 1. The third-order valence-corrected chi connectivity index (χ3v) is 3.58. The molecule has 0 fully saturated rings. The van der Waals surface area contributed by atoms with E-state index in [9.17, 15) is 14.0 Å². The molecule has 0 spiro atoms. The van der Waals surface area contributed by atoms with Crippen LogP contribution >= 0.6 is 0 Å². The van der Waals surface area contributed by atoms with E-state index in [0.717, 1.165) is 0 Å². The van der Waals surface area contributed by atoms with Gasteiger partial charge in [0.15, 0.2) is 0 Å². The Morgan fingerprint density at radius 1 is 1.32 bits per heavy atom. The molecular weight excluding hydrogens is 365 g/mol. The topological polar surface area (TPSA) is 73.9 Å². The fourth-order valence-electron chi connectivity index (χ4n) is 2.37. The molecule has 0 aliphatic heterocycles. The molecule has 6 nitrogen and oxygen atoms in total. The van der Waals surface area contributed by atoms with Gasteiger partial charge in [-0.2, -0.15) is 0 Å². The van der Waals surface area contributed by atoms with Crippen LogP contribution in [0.25, 0.3) is 0 Å². The van der Waals surface area contributed by atoms with Gasteiger partial charge in [0.05, 0.1) is 13.0 Å². The van der Waals surface area contributed by atoms with Gasteiger partial charge in [0.25, 0.3) is 0 Å². The van der Waals surface area contributed by atoms with Crippen molar-refractivity contribution in [1.82, 2.24) is 5.32 Å². The minimum atomic E-state index is -0.549. The zero-order valence-corrected chi connectivity index (χ0v) is 17.0. The number of amides is 1. The molecule has 0 aliphatic rings. The third kappa shape index (κ3) is 9.39. The summed E-state index contributed by atoms with van der Waals surface area (Å²) >= 11 is 0. The van der Waals surface area contributed by atoms with Crippen LogP contribution in [0, 0.1) is 5.82 Å². The van der Waals surface area contributed by atoms with E-state index in [1.54, 1.807) is 27.7 Å². The second-order valence-electron chi connectivity index (χ2n) is 7.39. The van der Waals surface area contributed by atoms with Crippen molar-refractivity contribution in [1.29, 1.82) is 0 Å². The first-order valence-electron chi connectivity index (χ1n) is 9.28. The third-order valence-electron chi connectivity index (χ3n) is 3.58.